The van der Waals surface area contributed by atoms with E-state index in [1.165, 1.54) is 24.3 Å². The number of ether oxygens (including phenoxy) is 3. The molecule has 41 heavy (non-hydrogen) atoms. The molecule has 2 atom stereocenters. The van der Waals surface area contributed by atoms with Crippen LogP contribution in [0.25, 0.3) is 0 Å². The average Bonchev–Trinajstić information content (AvgIpc) is 3.16. The number of hydrogen-bond acceptors (Lipinski definition) is 8. The van der Waals surface area contributed by atoms with E-state index < -0.39 is 65.1 Å². The molecule has 0 saturated carbocycles. The smallest absolute Gasteiger partial charge is 0.447 e. The number of hydroxylamine groups is 2. The summed E-state index contributed by atoms with van der Waals surface area (Å²) >= 11 is 0. The van der Waals surface area contributed by atoms with Crippen molar-refractivity contribution in [1.29, 1.82) is 0 Å². The van der Waals surface area contributed by atoms with E-state index in [-0.39, 0.29) is 31.4 Å². The zero-order chi connectivity index (χ0) is 29.4. The predicted octanol–water partition coefficient (Wildman–Crippen LogP) is 4.68. The summed E-state index contributed by atoms with van der Waals surface area (Å²) in [7, 11) is 0. The Morgan fingerprint density at radius 2 is 1.71 bits per heavy atom. The lowest BCUT2D eigenvalue weighted by molar-refractivity contribution is -0.222. The number of fused-ring (bicyclic) bond motifs is 2. The molecule has 5 rings (SSSR count). The van der Waals surface area contributed by atoms with E-state index in [1.54, 1.807) is 0 Å². The van der Waals surface area contributed by atoms with Gasteiger partial charge in [0.2, 0.25) is 5.82 Å². The van der Waals surface area contributed by atoms with E-state index in [4.69, 9.17) is 19.0 Å². The molecule has 3 aliphatic rings. The van der Waals surface area contributed by atoms with Gasteiger partial charge in [0.1, 0.15) is 6.10 Å². The van der Waals surface area contributed by atoms with Gasteiger partial charge in [0.25, 0.3) is 6.23 Å². The van der Waals surface area contributed by atoms with Crippen LogP contribution < -0.4 is 4.74 Å². The molecule has 3 heterocycles. The van der Waals surface area contributed by atoms with Crippen LogP contribution in [0.4, 0.5) is 26.7 Å². The van der Waals surface area contributed by atoms with Crippen LogP contribution in [0.1, 0.15) is 36.5 Å². The largest absolute Gasteiger partial charge is 0.482 e. The molecule has 3 aliphatic heterocycles. The van der Waals surface area contributed by atoms with Crippen LogP contribution in [-0.2, 0) is 30.1 Å². The minimum absolute atomic E-state index is 0.0942. The molecule has 14 heteroatoms. The second kappa shape index (κ2) is 11.0. The van der Waals surface area contributed by atoms with Crippen LogP contribution in [0.15, 0.2) is 54.6 Å². The monoisotopic (exact) mass is 582 g/mol. The highest BCUT2D eigenvalue weighted by Crippen LogP contribution is 2.40. The zero-order valence-electron chi connectivity index (χ0n) is 21.2. The number of halogens is 5. The summed E-state index contributed by atoms with van der Waals surface area (Å²) in [5, 5.41) is 0.588. The van der Waals surface area contributed by atoms with Crippen molar-refractivity contribution in [3.8, 4) is 5.75 Å². The number of hydrogen-bond donors (Lipinski definition) is 0. The number of rotatable bonds is 6. The summed E-state index contributed by atoms with van der Waals surface area (Å²) < 4.78 is 84.8. The number of benzene rings is 2. The highest BCUT2D eigenvalue weighted by atomic mass is 19.4. The quantitative estimate of drug-likeness (QED) is 0.358. The molecule has 2 saturated heterocycles. The van der Waals surface area contributed by atoms with E-state index in [1.807, 2.05) is 4.90 Å². The highest BCUT2D eigenvalue weighted by molar-refractivity contribution is 5.93. The maximum absolute atomic E-state index is 14.4. The van der Waals surface area contributed by atoms with Gasteiger partial charge in [0.05, 0.1) is 5.56 Å². The normalized spacial score (nSPS) is 22.2. The summed E-state index contributed by atoms with van der Waals surface area (Å²) in [4.78, 5) is 43.2. The fourth-order valence-electron chi connectivity index (χ4n) is 4.97. The van der Waals surface area contributed by atoms with Gasteiger partial charge >= 0.3 is 24.2 Å². The van der Waals surface area contributed by atoms with Crippen molar-refractivity contribution >= 4 is 18.0 Å². The number of nitrogens with zero attached hydrogens (tertiary/aromatic N) is 2. The lowest BCUT2D eigenvalue weighted by Gasteiger charge is -2.40. The molecule has 1 amide bonds. The number of alkyl halides is 3. The van der Waals surface area contributed by atoms with Crippen molar-refractivity contribution in [2.24, 2.45) is 0 Å². The topological polar surface area (TPSA) is 94.6 Å². The molecular weight excluding hydrogens is 559 g/mol. The molecule has 0 bridgehead atoms. The summed E-state index contributed by atoms with van der Waals surface area (Å²) in [5.74, 6) is -4.68. The minimum Gasteiger partial charge on any atom is -0.482 e. The predicted molar refractivity (Wildman–Crippen MR) is 128 cm³/mol. The molecule has 0 aliphatic carbocycles. The van der Waals surface area contributed by atoms with Crippen LogP contribution in [-0.4, -0.2) is 59.5 Å². The lowest BCUT2D eigenvalue weighted by Crippen LogP contribution is -2.54. The van der Waals surface area contributed by atoms with E-state index in [0.717, 1.165) is 30.4 Å². The highest BCUT2D eigenvalue weighted by Gasteiger charge is 2.59. The molecular formula is C27H23F5N2O7. The van der Waals surface area contributed by atoms with Crippen molar-refractivity contribution in [2.45, 2.75) is 43.4 Å². The number of carbonyl (C=O) groups is 3. The van der Waals surface area contributed by atoms with Gasteiger partial charge in [-0.1, -0.05) is 23.3 Å². The first-order valence-corrected chi connectivity index (χ1v) is 12.6. The Bertz CT molecular complexity index is 1370. The Balaban J connectivity index is 1.30. The third-order valence-corrected chi connectivity index (χ3v) is 7.09. The van der Waals surface area contributed by atoms with Crippen LogP contribution in [0.5, 0.6) is 5.75 Å². The minimum atomic E-state index is -4.62. The van der Waals surface area contributed by atoms with Crippen LogP contribution >= 0.6 is 0 Å². The van der Waals surface area contributed by atoms with Gasteiger partial charge in [-0.25, -0.2) is 18.8 Å². The second-order valence-corrected chi connectivity index (χ2v) is 9.70. The van der Waals surface area contributed by atoms with Gasteiger partial charge in [0, 0.05) is 51.0 Å². The molecule has 2 aromatic rings. The number of piperidine rings is 1. The van der Waals surface area contributed by atoms with Crippen molar-refractivity contribution in [3.05, 3.63) is 77.4 Å². The molecule has 218 valence electrons. The Labute approximate surface area is 229 Å². The number of likely N-dealkylation sites (tertiary alicyclic amines) is 1. The Hall–Kier alpha value is -4.20. The third kappa shape index (κ3) is 5.97. The summed E-state index contributed by atoms with van der Waals surface area (Å²) in [6.07, 6.45) is -5.86. The van der Waals surface area contributed by atoms with E-state index in [2.05, 4.69) is 0 Å². The van der Waals surface area contributed by atoms with E-state index in [0.29, 0.717) is 18.2 Å². The zero-order valence-corrected chi connectivity index (χ0v) is 21.2. The van der Waals surface area contributed by atoms with Gasteiger partial charge in [-0.15, -0.1) is 0 Å². The van der Waals surface area contributed by atoms with Gasteiger partial charge in [0.15, 0.2) is 17.2 Å². The van der Waals surface area contributed by atoms with Crippen molar-refractivity contribution in [1.82, 2.24) is 9.96 Å². The number of esters is 1. The molecule has 0 aromatic heterocycles. The first-order chi connectivity index (χ1) is 19.4. The SMILES string of the molecule is O=C1/C=C/C(=O)ON2C(=O)OC3(CCN(CCC(Oc4cccc(F)c4F)c4cccc(C(F)(F)F)c4)CC3)C2O1. The molecule has 1 spiro atoms. The number of carbonyl (C=O) groups excluding carboxylic acids is 3. The Morgan fingerprint density at radius 3 is 2.44 bits per heavy atom. The van der Waals surface area contributed by atoms with Gasteiger partial charge < -0.3 is 23.9 Å². The van der Waals surface area contributed by atoms with Crippen molar-refractivity contribution < 1.29 is 55.4 Å². The maximum Gasteiger partial charge on any atom is 0.447 e. The van der Waals surface area contributed by atoms with Crippen LogP contribution in [0, 0.1) is 11.6 Å². The van der Waals surface area contributed by atoms with Crippen molar-refractivity contribution in [2.75, 3.05) is 19.6 Å². The first kappa shape index (κ1) is 28.3. The van der Waals surface area contributed by atoms with E-state index in [9.17, 15) is 36.3 Å². The Kier molecular flexibility index (Phi) is 7.60. The molecule has 0 N–H and O–H groups in total. The lowest BCUT2D eigenvalue weighted by atomic mass is 9.89. The summed E-state index contributed by atoms with van der Waals surface area (Å²) in [6.45, 7) is 0.846. The molecule has 9 nitrogen and oxygen atoms in total. The summed E-state index contributed by atoms with van der Waals surface area (Å²) in [6, 6.07) is 7.72. The fourth-order valence-corrected chi connectivity index (χ4v) is 4.97. The van der Waals surface area contributed by atoms with Gasteiger partial charge in [-0.05, 0) is 29.8 Å². The van der Waals surface area contributed by atoms with Crippen LogP contribution in [0.3, 0.4) is 0 Å². The van der Waals surface area contributed by atoms with Gasteiger partial charge in [-0.3, -0.25) is 0 Å². The first-order valence-electron chi connectivity index (χ1n) is 12.6. The number of amides is 1. The van der Waals surface area contributed by atoms with Gasteiger partial charge in [-0.2, -0.15) is 17.6 Å². The average molecular weight is 582 g/mol. The van der Waals surface area contributed by atoms with E-state index >= 15 is 0 Å². The molecule has 2 fully saturated rings. The third-order valence-electron chi connectivity index (χ3n) is 7.09. The van der Waals surface area contributed by atoms with Crippen molar-refractivity contribution in [3.63, 3.8) is 0 Å². The molecule has 2 aromatic carbocycles. The van der Waals surface area contributed by atoms with Crippen LogP contribution in [0.2, 0.25) is 0 Å². The summed E-state index contributed by atoms with van der Waals surface area (Å²) in [5.41, 5.74) is -2.09. The Morgan fingerprint density at radius 1 is 1.00 bits per heavy atom. The molecule has 2 unspecified atom stereocenters. The standard InChI is InChI=1S/C27H23F5N2O7/c28-18-5-2-6-20(23(18)29)38-19(16-3-1-4-17(15-16)27(30,31)32)9-12-33-13-10-26(11-14-33)24-34(25(37)40-26)41-22(36)8-7-21(35)39-24/h1-8,15,19,24H,9-14H2/b8-7+. The molecule has 0 radical (unpaired) electrons. The fraction of sp³-hybridized carbons (Fsp3) is 0.370. The second-order valence-electron chi connectivity index (χ2n) is 9.70. The maximum atomic E-state index is 14.4.